The van der Waals surface area contributed by atoms with Crippen LogP contribution in [0.2, 0.25) is 5.15 Å². The molecule has 0 aliphatic carbocycles. The van der Waals surface area contributed by atoms with E-state index < -0.39 is 0 Å². The summed E-state index contributed by atoms with van der Waals surface area (Å²) in [6.45, 7) is 2.60. The number of benzene rings is 1. The second-order valence-electron chi connectivity index (χ2n) is 7.04. The number of hydrogen-bond acceptors (Lipinski definition) is 7. The highest BCUT2D eigenvalue weighted by molar-refractivity contribution is 6.29. The first-order valence-electron chi connectivity index (χ1n) is 9.16. The number of methoxy groups -OCH3 is 1. The fourth-order valence-electron chi connectivity index (χ4n) is 3.90. The van der Waals surface area contributed by atoms with E-state index in [0.717, 1.165) is 43.0 Å². The molecule has 3 aromatic rings. The topological polar surface area (TPSA) is 91.1 Å². The molecule has 0 radical (unpaired) electrons. The van der Waals surface area contributed by atoms with Crippen LogP contribution >= 0.6 is 11.6 Å². The van der Waals surface area contributed by atoms with Gasteiger partial charge in [-0.15, -0.1) is 0 Å². The van der Waals surface area contributed by atoms with Crippen molar-refractivity contribution in [1.29, 1.82) is 5.41 Å². The molecule has 0 amide bonds. The number of hydrogen-bond donors (Lipinski definition) is 3. The Kier molecular flexibility index (Phi) is 4.10. The zero-order chi connectivity index (χ0) is 19.3. The zero-order valence-electron chi connectivity index (χ0n) is 15.4. The van der Waals surface area contributed by atoms with Crippen molar-refractivity contribution in [3.05, 3.63) is 52.4 Å². The van der Waals surface area contributed by atoms with E-state index in [0.29, 0.717) is 16.4 Å². The molecule has 0 fully saturated rings. The molecule has 0 bridgehead atoms. The molecule has 2 aromatic heterocycles. The minimum atomic E-state index is 0.0166. The van der Waals surface area contributed by atoms with Crippen molar-refractivity contribution in [2.75, 3.05) is 24.4 Å². The third kappa shape index (κ3) is 2.85. The van der Waals surface area contributed by atoms with Crippen LogP contribution in [-0.2, 0) is 13.1 Å². The monoisotopic (exact) mass is 397 g/mol. The Bertz CT molecular complexity index is 1130. The summed E-state index contributed by atoms with van der Waals surface area (Å²) in [7, 11) is 1.62. The maximum atomic E-state index is 8.27. The normalized spacial score (nSPS) is 17.9. The smallest absolute Gasteiger partial charge is 0.243 e. The first-order valence-corrected chi connectivity index (χ1v) is 9.54. The predicted octanol–water partition coefficient (Wildman–Crippen LogP) is 2.27. The van der Waals surface area contributed by atoms with Crippen LogP contribution in [0.1, 0.15) is 17.7 Å². The number of fused-ring (bicyclic) bond motifs is 4. The van der Waals surface area contributed by atoms with Gasteiger partial charge in [-0.3, -0.25) is 15.7 Å². The highest BCUT2D eigenvalue weighted by atomic mass is 35.5. The summed E-state index contributed by atoms with van der Waals surface area (Å²) in [6.07, 6.45) is 0.886. The number of para-hydroxylation sites is 1. The van der Waals surface area contributed by atoms with Crippen molar-refractivity contribution in [2.24, 2.45) is 0 Å². The molecule has 1 aromatic carbocycles. The average Bonchev–Trinajstić information content (AvgIpc) is 3.30. The number of nitrogens with one attached hydrogen (secondary N) is 3. The van der Waals surface area contributed by atoms with Gasteiger partial charge in [-0.25, -0.2) is 14.6 Å². The lowest BCUT2D eigenvalue weighted by Crippen LogP contribution is -2.34. The number of nitrogens with zero attached hydrogens (tertiary/aromatic N) is 4. The second-order valence-corrected chi connectivity index (χ2v) is 7.43. The molecule has 0 spiro atoms. The van der Waals surface area contributed by atoms with Gasteiger partial charge in [0, 0.05) is 31.4 Å². The molecule has 5 rings (SSSR count). The van der Waals surface area contributed by atoms with Crippen LogP contribution in [0.5, 0.6) is 5.75 Å². The van der Waals surface area contributed by atoms with Crippen LogP contribution in [0, 0.1) is 5.41 Å². The van der Waals surface area contributed by atoms with Gasteiger partial charge < -0.3 is 10.1 Å². The third-order valence-corrected chi connectivity index (χ3v) is 5.47. The quantitative estimate of drug-likeness (QED) is 0.585. The standard InChI is InChI=1S/C19H20ClN7O/c1-28-14-4-2-3-12-17(14)24-19(21)27-18(12)23-16(25-27)7-8-26-9-11-5-6-15(20)22-13(11)10-26/h2-6,16,21,23,25H,7-10H2,1H3. The molecule has 9 heteroatoms. The molecule has 0 saturated carbocycles. The number of rotatable bonds is 4. The Morgan fingerprint density at radius 2 is 2.14 bits per heavy atom. The van der Waals surface area contributed by atoms with Crippen molar-refractivity contribution in [1.82, 2.24) is 19.5 Å². The summed E-state index contributed by atoms with van der Waals surface area (Å²) in [5.41, 5.74) is 6.48. The molecule has 3 N–H and O–H groups in total. The first-order chi connectivity index (χ1) is 13.6. The molecule has 28 heavy (non-hydrogen) atoms. The molecule has 8 nitrogen and oxygen atoms in total. The Balaban J connectivity index is 1.32. The van der Waals surface area contributed by atoms with Gasteiger partial charge in [-0.2, -0.15) is 0 Å². The van der Waals surface area contributed by atoms with E-state index in [1.807, 2.05) is 24.3 Å². The Morgan fingerprint density at radius 1 is 1.25 bits per heavy atom. The summed E-state index contributed by atoms with van der Waals surface area (Å²) in [6, 6.07) is 9.68. The van der Waals surface area contributed by atoms with E-state index >= 15 is 0 Å². The molecular formula is C19H20ClN7O. The number of anilines is 1. The van der Waals surface area contributed by atoms with Gasteiger partial charge in [0.25, 0.3) is 0 Å². The molecule has 144 valence electrons. The van der Waals surface area contributed by atoms with Gasteiger partial charge in [0.1, 0.15) is 28.4 Å². The van der Waals surface area contributed by atoms with Crippen molar-refractivity contribution >= 4 is 28.3 Å². The van der Waals surface area contributed by atoms with Crippen LogP contribution in [-0.4, -0.2) is 39.4 Å². The molecule has 0 saturated heterocycles. The summed E-state index contributed by atoms with van der Waals surface area (Å²) in [5, 5.41) is 13.2. The van der Waals surface area contributed by atoms with E-state index in [2.05, 4.69) is 31.7 Å². The molecule has 4 heterocycles. The Morgan fingerprint density at radius 3 is 3.00 bits per heavy atom. The summed E-state index contributed by atoms with van der Waals surface area (Å²) < 4.78 is 7.10. The van der Waals surface area contributed by atoms with Crippen molar-refractivity contribution < 1.29 is 4.74 Å². The van der Waals surface area contributed by atoms with Crippen LogP contribution < -0.4 is 21.1 Å². The zero-order valence-corrected chi connectivity index (χ0v) is 16.1. The van der Waals surface area contributed by atoms with Gasteiger partial charge in [0.05, 0.1) is 12.8 Å². The van der Waals surface area contributed by atoms with Crippen molar-refractivity contribution in [3.8, 4) is 5.75 Å². The average molecular weight is 398 g/mol. The SMILES string of the molecule is COc1cccc2c3n(c(=N)nc12)NC(CCN1Cc2ccc(Cl)nc2C1)N3. The van der Waals surface area contributed by atoms with Gasteiger partial charge in [-0.1, -0.05) is 23.7 Å². The van der Waals surface area contributed by atoms with Crippen LogP contribution in [0.4, 0.5) is 5.82 Å². The van der Waals surface area contributed by atoms with E-state index in [9.17, 15) is 0 Å². The van der Waals surface area contributed by atoms with E-state index in [1.54, 1.807) is 11.8 Å². The lowest BCUT2D eigenvalue weighted by atomic mass is 10.2. The van der Waals surface area contributed by atoms with Crippen LogP contribution in [0.3, 0.4) is 0 Å². The maximum Gasteiger partial charge on any atom is 0.243 e. The van der Waals surface area contributed by atoms with E-state index in [4.69, 9.17) is 21.7 Å². The van der Waals surface area contributed by atoms with Gasteiger partial charge >= 0.3 is 0 Å². The van der Waals surface area contributed by atoms with Gasteiger partial charge in [0.2, 0.25) is 5.62 Å². The molecular weight excluding hydrogens is 378 g/mol. The summed E-state index contributed by atoms with van der Waals surface area (Å²) in [4.78, 5) is 11.2. The Labute approximate surface area is 166 Å². The lowest BCUT2D eigenvalue weighted by molar-refractivity contribution is 0.275. The number of halogens is 1. The molecule has 2 aliphatic heterocycles. The largest absolute Gasteiger partial charge is 0.494 e. The van der Waals surface area contributed by atoms with Crippen LogP contribution in [0.15, 0.2) is 30.3 Å². The van der Waals surface area contributed by atoms with E-state index in [-0.39, 0.29) is 11.8 Å². The summed E-state index contributed by atoms with van der Waals surface area (Å²) >= 11 is 6.00. The highest BCUT2D eigenvalue weighted by Gasteiger charge is 2.26. The number of pyridine rings is 1. The predicted molar refractivity (Wildman–Crippen MR) is 107 cm³/mol. The molecule has 2 aliphatic rings. The minimum absolute atomic E-state index is 0.0166. The van der Waals surface area contributed by atoms with Gasteiger partial charge in [-0.05, 0) is 23.8 Å². The maximum absolute atomic E-state index is 8.27. The van der Waals surface area contributed by atoms with Crippen molar-refractivity contribution in [2.45, 2.75) is 25.7 Å². The van der Waals surface area contributed by atoms with E-state index in [1.165, 1.54) is 5.56 Å². The first kappa shape index (κ1) is 17.3. The molecule has 1 unspecified atom stereocenters. The third-order valence-electron chi connectivity index (χ3n) is 5.26. The minimum Gasteiger partial charge on any atom is -0.494 e. The highest BCUT2D eigenvalue weighted by Crippen LogP contribution is 2.30. The Hall–Kier alpha value is -2.84. The summed E-state index contributed by atoms with van der Waals surface area (Å²) in [5.74, 6) is 1.51. The number of ether oxygens (including phenoxy) is 1. The fraction of sp³-hybridized carbons (Fsp3) is 0.316. The number of aromatic nitrogens is 3. The van der Waals surface area contributed by atoms with Crippen molar-refractivity contribution in [3.63, 3.8) is 0 Å². The fourth-order valence-corrected chi connectivity index (χ4v) is 4.06. The lowest BCUT2D eigenvalue weighted by Gasteiger charge is -2.18. The van der Waals surface area contributed by atoms with Gasteiger partial charge in [0.15, 0.2) is 0 Å². The molecule has 1 atom stereocenters. The van der Waals surface area contributed by atoms with Crippen LogP contribution in [0.25, 0.3) is 10.9 Å². The second kappa shape index (κ2) is 6.65.